The fraction of sp³-hybridized carbons (Fsp3) is 0.182. The van der Waals surface area contributed by atoms with Gasteiger partial charge in [-0.1, -0.05) is 6.07 Å². The van der Waals surface area contributed by atoms with E-state index in [9.17, 15) is 9.90 Å². The second kappa shape index (κ2) is 6.58. The Bertz CT molecular complexity index is 1570. The Morgan fingerprint density at radius 1 is 1.12 bits per heavy atom. The van der Waals surface area contributed by atoms with E-state index in [1.807, 2.05) is 39.2 Å². The fourth-order valence-electron chi connectivity index (χ4n) is 4.25. The minimum atomic E-state index is -0.644. The van der Waals surface area contributed by atoms with Crippen molar-refractivity contribution in [3.05, 3.63) is 52.8 Å². The molecule has 0 aliphatic carbocycles. The van der Waals surface area contributed by atoms with Gasteiger partial charge >= 0.3 is 0 Å². The van der Waals surface area contributed by atoms with Crippen molar-refractivity contribution in [1.82, 2.24) is 28.9 Å². The van der Waals surface area contributed by atoms with Crippen molar-refractivity contribution in [2.24, 2.45) is 12.8 Å². The number of hydrogen-bond acceptors (Lipinski definition) is 6. The molecule has 0 radical (unpaired) electrons. The van der Waals surface area contributed by atoms with E-state index in [-0.39, 0.29) is 17.1 Å². The number of anilines is 1. The SMILES string of the molecule is Cc1ccc(O)c(C)c1-n1c(N)c(C(N)=O)c2cc(C)n3nc(-c4ccn(C)n4)nc3c21. The first-order valence-electron chi connectivity index (χ1n) is 9.98. The number of nitrogen functional groups attached to an aromatic ring is 1. The zero-order valence-electron chi connectivity index (χ0n) is 18.1. The highest BCUT2D eigenvalue weighted by molar-refractivity contribution is 6.14. The number of phenolic OH excluding ortho intramolecular Hbond substituents is 1. The summed E-state index contributed by atoms with van der Waals surface area (Å²) in [6.07, 6.45) is 1.81. The van der Waals surface area contributed by atoms with Crippen molar-refractivity contribution in [3.8, 4) is 23.0 Å². The molecule has 0 aliphatic rings. The number of nitrogens with zero attached hydrogens (tertiary/aromatic N) is 6. The number of fused-ring (bicyclic) bond motifs is 3. The number of pyridine rings is 1. The average Bonchev–Trinajstić information content (AvgIpc) is 3.42. The van der Waals surface area contributed by atoms with Crippen LogP contribution in [0, 0.1) is 20.8 Å². The highest BCUT2D eigenvalue weighted by Gasteiger charge is 2.26. The summed E-state index contributed by atoms with van der Waals surface area (Å²) in [5, 5.41) is 20.0. The number of hydrogen-bond donors (Lipinski definition) is 3. The summed E-state index contributed by atoms with van der Waals surface area (Å²) in [4.78, 5) is 17.2. The summed E-state index contributed by atoms with van der Waals surface area (Å²) >= 11 is 0. The molecule has 1 amide bonds. The first-order valence-corrected chi connectivity index (χ1v) is 9.98. The zero-order chi connectivity index (χ0) is 22.9. The number of carbonyl (C=O) groups excluding carboxylic acids is 1. The fourth-order valence-corrected chi connectivity index (χ4v) is 4.25. The molecule has 5 N–H and O–H groups in total. The molecule has 10 nitrogen and oxygen atoms in total. The standard InChI is InChI=1S/C22H22N8O2/c1-10-5-6-15(31)12(3)17(10)29-18-13(16(19(29)23)20(24)32)9-11(2)30-22(18)25-21(27-30)14-7-8-28(4)26-14/h5-9,31H,23H2,1-4H3,(H2,24,32). The minimum absolute atomic E-state index is 0.117. The Kier molecular flexibility index (Phi) is 4.03. The Labute approximate surface area is 182 Å². The van der Waals surface area contributed by atoms with Crippen LogP contribution in [0.2, 0.25) is 0 Å². The number of rotatable bonds is 3. The molecule has 0 spiro atoms. The van der Waals surface area contributed by atoms with Crippen molar-refractivity contribution in [2.75, 3.05) is 5.73 Å². The average molecular weight is 430 g/mol. The summed E-state index contributed by atoms with van der Waals surface area (Å²) in [6, 6.07) is 7.06. The predicted octanol–water partition coefficient (Wildman–Crippen LogP) is 2.39. The minimum Gasteiger partial charge on any atom is -0.508 e. The molecule has 32 heavy (non-hydrogen) atoms. The number of primary amides is 1. The maximum atomic E-state index is 12.4. The number of aryl methyl sites for hydroxylation is 3. The summed E-state index contributed by atoms with van der Waals surface area (Å²) in [7, 11) is 1.82. The van der Waals surface area contributed by atoms with E-state index in [0.29, 0.717) is 39.3 Å². The van der Waals surface area contributed by atoms with E-state index >= 15 is 0 Å². The Balaban J connectivity index is 1.99. The van der Waals surface area contributed by atoms with Crippen molar-refractivity contribution < 1.29 is 9.90 Å². The van der Waals surface area contributed by atoms with E-state index in [4.69, 9.17) is 16.5 Å². The molecule has 0 fully saturated rings. The number of amides is 1. The molecule has 1 aromatic carbocycles. The maximum absolute atomic E-state index is 12.4. The smallest absolute Gasteiger partial charge is 0.253 e. The molecule has 0 saturated carbocycles. The maximum Gasteiger partial charge on any atom is 0.253 e. The molecule has 4 heterocycles. The molecular formula is C22H22N8O2. The van der Waals surface area contributed by atoms with Crippen LogP contribution in [0.15, 0.2) is 30.5 Å². The van der Waals surface area contributed by atoms with Gasteiger partial charge in [-0.15, -0.1) is 5.10 Å². The van der Waals surface area contributed by atoms with E-state index < -0.39 is 5.91 Å². The molecular weight excluding hydrogens is 408 g/mol. The van der Waals surface area contributed by atoms with Crippen LogP contribution in [0.25, 0.3) is 33.8 Å². The molecule has 5 rings (SSSR count). The highest BCUT2D eigenvalue weighted by atomic mass is 16.3. The molecule has 0 atom stereocenters. The third-order valence-corrected chi connectivity index (χ3v) is 5.77. The van der Waals surface area contributed by atoms with Gasteiger partial charge in [0.25, 0.3) is 5.91 Å². The van der Waals surface area contributed by atoms with Gasteiger partial charge in [0.05, 0.1) is 11.3 Å². The summed E-state index contributed by atoms with van der Waals surface area (Å²) in [6.45, 7) is 5.57. The van der Waals surface area contributed by atoms with E-state index in [1.165, 1.54) is 0 Å². The molecule has 0 aliphatic heterocycles. The first kappa shape index (κ1) is 19.6. The second-order valence-electron chi connectivity index (χ2n) is 7.93. The van der Waals surface area contributed by atoms with Gasteiger partial charge in [-0.05, 0) is 44.5 Å². The van der Waals surface area contributed by atoms with Crippen molar-refractivity contribution >= 4 is 28.3 Å². The van der Waals surface area contributed by atoms with Gasteiger partial charge in [-0.2, -0.15) is 5.10 Å². The predicted molar refractivity (Wildman–Crippen MR) is 121 cm³/mol. The van der Waals surface area contributed by atoms with Gasteiger partial charge < -0.3 is 16.6 Å². The lowest BCUT2D eigenvalue weighted by atomic mass is 10.1. The first-order chi connectivity index (χ1) is 15.2. The highest BCUT2D eigenvalue weighted by Crippen LogP contribution is 2.38. The lowest BCUT2D eigenvalue weighted by Gasteiger charge is -2.16. The van der Waals surface area contributed by atoms with Crippen LogP contribution in [0.4, 0.5) is 5.82 Å². The number of aromatic hydroxyl groups is 1. The molecule has 10 heteroatoms. The Morgan fingerprint density at radius 3 is 2.53 bits per heavy atom. The molecule has 5 aromatic rings. The molecule has 0 saturated heterocycles. The molecule has 162 valence electrons. The van der Waals surface area contributed by atoms with Crippen LogP contribution in [-0.4, -0.2) is 40.0 Å². The van der Waals surface area contributed by atoms with Crippen molar-refractivity contribution in [2.45, 2.75) is 20.8 Å². The Morgan fingerprint density at radius 2 is 1.88 bits per heavy atom. The van der Waals surface area contributed by atoms with Crippen LogP contribution in [0.5, 0.6) is 5.75 Å². The van der Waals surface area contributed by atoms with Gasteiger partial charge in [0.15, 0.2) is 5.65 Å². The lowest BCUT2D eigenvalue weighted by Crippen LogP contribution is -2.14. The van der Waals surface area contributed by atoms with E-state index in [2.05, 4.69) is 10.2 Å². The third-order valence-electron chi connectivity index (χ3n) is 5.77. The van der Waals surface area contributed by atoms with Gasteiger partial charge in [0.1, 0.15) is 22.8 Å². The summed E-state index contributed by atoms with van der Waals surface area (Å²) < 4.78 is 5.10. The summed E-state index contributed by atoms with van der Waals surface area (Å²) in [5.41, 5.74) is 17.0. The van der Waals surface area contributed by atoms with Crippen LogP contribution >= 0.6 is 0 Å². The third kappa shape index (κ3) is 2.59. The normalized spacial score (nSPS) is 11.6. The van der Waals surface area contributed by atoms with Gasteiger partial charge in [-0.3, -0.25) is 14.0 Å². The topological polar surface area (TPSA) is 142 Å². The molecule has 0 unspecified atom stereocenters. The number of phenols is 1. The van der Waals surface area contributed by atoms with E-state index in [1.54, 1.807) is 32.8 Å². The van der Waals surface area contributed by atoms with Crippen LogP contribution in [0.1, 0.15) is 27.2 Å². The van der Waals surface area contributed by atoms with Crippen LogP contribution in [0.3, 0.4) is 0 Å². The van der Waals surface area contributed by atoms with Crippen molar-refractivity contribution in [3.63, 3.8) is 0 Å². The number of nitrogens with two attached hydrogens (primary N) is 2. The van der Waals surface area contributed by atoms with Gasteiger partial charge in [0, 0.05) is 29.9 Å². The second-order valence-corrected chi connectivity index (χ2v) is 7.93. The monoisotopic (exact) mass is 430 g/mol. The number of aromatic nitrogens is 6. The van der Waals surface area contributed by atoms with Crippen LogP contribution in [-0.2, 0) is 7.05 Å². The molecule has 4 aromatic heterocycles. The zero-order valence-corrected chi connectivity index (χ0v) is 18.1. The number of carbonyl (C=O) groups is 1. The summed E-state index contributed by atoms with van der Waals surface area (Å²) in [5.74, 6) is 0.0952. The number of benzene rings is 1. The lowest BCUT2D eigenvalue weighted by molar-refractivity contribution is 0.100. The Hall–Kier alpha value is -4.34. The van der Waals surface area contributed by atoms with Gasteiger partial charge in [-0.25, -0.2) is 9.50 Å². The van der Waals surface area contributed by atoms with Crippen LogP contribution < -0.4 is 11.5 Å². The quantitative estimate of drug-likeness (QED) is 0.401. The van der Waals surface area contributed by atoms with Gasteiger partial charge in [0.2, 0.25) is 5.82 Å². The van der Waals surface area contributed by atoms with E-state index in [0.717, 1.165) is 11.3 Å². The molecule has 0 bridgehead atoms. The largest absolute Gasteiger partial charge is 0.508 e. The van der Waals surface area contributed by atoms with Crippen molar-refractivity contribution in [1.29, 1.82) is 0 Å².